The first-order valence-electron chi connectivity index (χ1n) is 6.38. The Balaban J connectivity index is 1.70. The van der Waals surface area contributed by atoms with Crippen molar-refractivity contribution in [2.24, 2.45) is 0 Å². The van der Waals surface area contributed by atoms with Crippen LogP contribution in [-0.2, 0) is 4.79 Å². The van der Waals surface area contributed by atoms with Crippen LogP contribution in [-0.4, -0.2) is 28.7 Å². The van der Waals surface area contributed by atoms with Gasteiger partial charge in [-0.25, -0.2) is 9.97 Å². The van der Waals surface area contributed by atoms with E-state index in [0.29, 0.717) is 5.75 Å². The molecule has 0 N–H and O–H groups in total. The molecule has 0 saturated heterocycles. The molecule has 1 aromatic carbocycles. The summed E-state index contributed by atoms with van der Waals surface area (Å²) in [5.41, 5.74) is 0.895. The molecule has 0 aliphatic heterocycles. The quantitative estimate of drug-likeness (QED) is 0.546. The van der Waals surface area contributed by atoms with Crippen LogP contribution in [0.15, 0.2) is 53.1 Å². The predicted octanol–water partition coefficient (Wildman–Crippen LogP) is 3.45. The summed E-state index contributed by atoms with van der Waals surface area (Å²) in [4.78, 5) is 23.4. The Morgan fingerprint density at radius 3 is 2.86 bits per heavy atom. The fraction of sp³-hybridized carbons (Fsp3) is 0.133. The van der Waals surface area contributed by atoms with Gasteiger partial charge in [-0.2, -0.15) is 0 Å². The number of fused-ring (bicyclic) bond motifs is 1. The Morgan fingerprint density at radius 2 is 2.05 bits per heavy atom. The van der Waals surface area contributed by atoms with E-state index in [0.717, 1.165) is 20.9 Å². The van der Waals surface area contributed by atoms with Gasteiger partial charge in [-0.1, -0.05) is 30.0 Å². The minimum absolute atomic E-state index is 0.0493. The molecule has 0 atom stereocenters. The number of nitrogens with zero attached hydrogens (tertiary/aromatic N) is 3. The van der Waals surface area contributed by atoms with Gasteiger partial charge in [-0.15, -0.1) is 11.3 Å². The van der Waals surface area contributed by atoms with E-state index in [9.17, 15) is 4.79 Å². The molecule has 0 spiro atoms. The van der Waals surface area contributed by atoms with Gasteiger partial charge >= 0.3 is 0 Å². The van der Waals surface area contributed by atoms with Crippen molar-refractivity contribution in [3.63, 3.8) is 0 Å². The molecule has 1 amide bonds. The van der Waals surface area contributed by atoms with Gasteiger partial charge in [0.05, 0.1) is 5.75 Å². The van der Waals surface area contributed by atoms with E-state index in [1.807, 2.05) is 41.8 Å². The second-order valence-electron chi connectivity index (χ2n) is 4.40. The van der Waals surface area contributed by atoms with Gasteiger partial charge < -0.3 is 4.90 Å². The third kappa shape index (κ3) is 3.06. The van der Waals surface area contributed by atoms with Crippen LogP contribution in [0, 0.1) is 0 Å². The van der Waals surface area contributed by atoms with Crippen molar-refractivity contribution in [3.05, 3.63) is 48.1 Å². The fourth-order valence-electron chi connectivity index (χ4n) is 1.90. The fourth-order valence-corrected chi connectivity index (χ4v) is 3.60. The van der Waals surface area contributed by atoms with Crippen molar-refractivity contribution in [1.82, 2.24) is 9.97 Å². The number of anilines is 1. The lowest BCUT2D eigenvalue weighted by Gasteiger charge is -2.16. The zero-order valence-electron chi connectivity index (χ0n) is 11.4. The number of hydrogen-bond acceptors (Lipinski definition) is 5. The van der Waals surface area contributed by atoms with Crippen LogP contribution < -0.4 is 4.90 Å². The lowest BCUT2D eigenvalue weighted by molar-refractivity contribution is -0.115. The highest BCUT2D eigenvalue weighted by molar-refractivity contribution is 8.00. The molecule has 4 nitrogen and oxygen atoms in total. The van der Waals surface area contributed by atoms with Crippen LogP contribution in [0.5, 0.6) is 0 Å². The average Bonchev–Trinajstić information content (AvgIpc) is 3.02. The molecule has 0 unspecified atom stereocenters. The Kier molecular flexibility index (Phi) is 4.17. The maximum atomic E-state index is 12.3. The topological polar surface area (TPSA) is 46.1 Å². The third-order valence-electron chi connectivity index (χ3n) is 3.08. The number of carbonyl (C=O) groups is 1. The SMILES string of the molecule is CN(C(=O)CSc1ncnc2sccc12)c1ccccc1. The predicted molar refractivity (Wildman–Crippen MR) is 88.0 cm³/mol. The lowest BCUT2D eigenvalue weighted by Crippen LogP contribution is -2.27. The lowest BCUT2D eigenvalue weighted by atomic mass is 10.3. The summed E-state index contributed by atoms with van der Waals surface area (Å²) in [5.74, 6) is 0.404. The number of para-hydroxylation sites is 1. The number of amides is 1. The van der Waals surface area contributed by atoms with Gasteiger partial charge in [0.2, 0.25) is 5.91 Å². The van der Waals surface area contributed by atoms with Gasteiger partial charge in [-0.3, -0.25) is 4.79 Å². The molecule has 3 rings (SSSR count). The Labute approximate surface area is 130 Å². The maximum Gasteiger partial charge on any atom is 0.237 e. The smallest absolute Gasteiger partial charge is 0.237 e. The molecule has 2 heterocycles. The summed E-state index contributed by atoms with van der Waals surface area (Å²) < 4.78 is 0. The Bertz CT molecular complexity index is 758. The highest BCUT2D eigenvalue weighted by Crippen LogP contribution is 2.28. The normalized spacial score (nSPS) is 10.7. The van der Waals surface area contributed by atoms with Gasteiger partial charge in [0.25, 0.3) is 0 Å². The van der Waals surface area contributed by atoms with Crippen LogP contribution in [0.2, 0.25) is 0 Å². The first-order valence-corrected chi connectivity index (χ1v) is 8.25. The van der Waals surface area contributed by atoms with Crippen LogP contribution in [0.4, 0.5) is 5.69 Å². The summed E-state index contributed by atoms with van der Waals surface area (Å²) in [5, 5.41) is 3.86. The molecule has 0 fully saturated rings. The summed E-state index contributed by atoms with van der Waals surface area (Å²) in [6.45, 7) is 0. The van der Waals surface area contributed by atoms with Gasteiger partial charge in [0, 0.05) is 18.1 Å². The number of rotatable bonds is 4. The summed E-state index contributed by atoms with van der Waals surface area (Å²) in [6, 6.07) is 11.6. The maximum absolute atomic E-state index is 12.3. The number of carbonyl (C=O) groups excluding carboxylic acids is 1. The van der Waals surface area contributed by atoms with Crippen LogP contribution >= 0.6 is 23.1 Å². The largest absolute Gasteiger partial charge is 0.315 e. The second-order valence-corrected chi connectivity index (χ2v) is 6.25. The number of benzene rings is 1. The molecule has 0 saturated carbocycles. The van der Waals surface area contributed by atoms with Crippen LogP contribution in [0.3, 0.4) is 0 Å². The average molecular weight is 315 g/mol. The van der Waals surface area contributed by atoms with Crippen molar-refractivity contribution in [2.45, 2.75) is 5.03 Å². The highest BCUT2D eigenvalue weighted by atomic mass is 32.2. The molecule has 3 aromatic rings. The number of aromatic nitrogens is 2. The summed E-state index contributed by atoms with van der Waals surface area (Å²) >= 11 is 3.03. The second kappa shape index (κ2) is 6.24. The van der Waals surface area contributed by atoms with Crippen molar-refractivity contribution in [1.29, 1.82) is 0 Å². The monoisotopic (exact) mass is 315 g/mol. The minimum atomic E-state index is 0.0493. The third-order valence-corrected chi connectivity index (χ3v) is 4.89. The van der Waals surface area contributed by atoms with E-state index < -0.39 is 0 Å². The first-order chi connectivity index (χ1) is 10.3. The van der Waals surface area contributed by atoms with E-state index in [1.165, 1.54) is 11.8 Å². The number of thioether (sulfide) groups is 1. The van der Waals surface area contributed by atoms with E-state index in [2.05, 4.69) is 9.97 Å². The molecular formula is C15H13N3OS2. The summed E-state index contributed by atoms with van der Waals surface area (Å²) in [6.07, 6.45) is 1.55. The first kappa shape index (κ1) is 14.0. The molecule has 6 heteroatoms. The van der Waals surface area contributed by atoms with E-state index in [4.69, 9.17) is 0 Å². The molecular weight excluding hydrogens is 302 g/mol. The minimum Gasteiger partial charge on any atom is -0.315 e. The number of thiophene rings is 1. The molecule has 0 aliphatic carbocycles. The summed E-state index contributed by atoms with van der Waals surface area (Å²) in [7, 11) is 1.79. The highest BCUT2D eigenvalue weighted by Gasteiger charge is 2.13. The van der Waals surface area contributed by atoms with Crippen molar-refractivity contribution >= 4 is 44.9 Å². The zero-order chi connectivity index (χ0) is 14.7. The van der Waals surface area contributed by atoms with Crippen LogP contribution in [0.1, 0.15) is 0 Å². The van der Waals surface area contributed by atoms with E-state index in [-0.39, 0.29) is 5.91 Å². The van der Waals surface area contributed by atoms with Gasteiger partial charge in [0.15, 0.2) is 0 Å². The van der Waals surface area contributed by atoms with Crippen molar-refractivity contribution in [2.75, 3.05) is 17.7 Å². The zero-order valence-corrected chi connectivity index (χ0v) is 13.0. The van der Waals surface area contributed by atoms with Crippen LogP contribution in [0.25, 0.3) is 10.2 Å². The number of hydrogen-bond donors (Lipinski definition) is 0. The molecule has 0 aliphatic rings. The molecule has 2 aromatic heterocycles. The van der Waals surface area contributed by atoms with Gasteiger partial charge in [-0.05, 0) is 23.6 Å². The standard InChI is InChI=1S/C15H13N3OS2/c1-18(11-5-3-2-4-6-11)13(19)9-21-15-12-7-8-20-14(12)16-10-17-15/h2-8,10H,9H2,1H3. The van der Waals surface area contributed by atoms with Crippen molar-refractivity contribution in [3.8, 4) is 0 Å². The molecule has 0 bridgehead atoms. The molecule has 106 valence electrons. The molecule has 21 heavy (non-hydrogen) atoms. The van der Waals surface area contributed by atoms with E-state index >= 15 is 0 Å². The van der Waals surface area contributed by atoms with E-state index in [1.54, 1.807) is 29.6 Å². The van der Waals surface area contributed by atoms with Crippen molar-refractivity contribution < 1.29 is 4.79 Å². The Hall–Kier alpha value is -1.92. The Morgan fingerprint density at radius 1 is 1.24 bits per heavy atom. The van der Waals surface area contributed by atoms with Gasteiger partial charge in [0.1, 0.15) is 16.2 Å². The molecule has 0 radical (unpaired) electrons.